The fourth-order valence-corrected chi connectivity index (χ4v) is 6.07. The number of nitrogens with zero attached hydrogens (tertiary/aromatic N) is 4. The molecule has 0 saturated carbocycles. The molecular formula is C32H30F2N6O4. The van der Waals surface area contributed by atoms with Gasteiger partial charge in [0.2, 0.25) is 17.4 Å². The van der Waals surface area contributed by atoms with E-state index in [1.165, 1.54) is 40.3 Å². The molecule has 2 unspecified atom stereocenters. The molecule has 2 aromatic carbocycles. The molecule has 12 heteroatoms. The van der Waals surface area contributed by atoms with Crippen molar-refractivity contribution in [2.45, 2.75) is 26.0 Å². The van der Waals surface area contributed by atoms with Crippen molar-refractivity contribution in [3.8, 4) is 17.3 Å². The molecule has 4 N–H and O–H groups in total. The van der Waals surface area contributed by atoms with Crippen LogP contribution in [0.2, 0.25) is 0 Å². The number of carbonyl (C=O) groups is 1. The molecule has 1 saturated heterocycles. The lowest BCUT2D eigenvalue weighted by Gasteiger charge is -2.31. The summed E-state index contributed by atoms with van der Waals surface area (Å²) in [5.74, 6) is -2.29. The van der Waals surface area contributed by atoms with Crippen LogP contribution in [-0.4, -0.2) is 67.9 Å². The summed E-state index contributed by atoms with van der Waals surface area (Å²) in [6.07, 6.45) is 3.24. The van der Waals surface area contributed by atoms with Crippen molar-refractivity contribution in [2.75, 3.05) is 32.0 Å². The van der Waals surface area contributed by atoms with Crippen LogP contribution in [0, 0.1) is 24.5 Å². The Morgan fingerprint density at radius 2 is 2.00 bits per heavy atom. The van der Waals surface area contributed by atoms with E-state index in [9.17, 15) is 18.7 Å². The summed E-state index contributed by atoms with van der Waals surface area (Å²) in [4.78, 5) is 23.4. The monoisotopic (exact) mass is 600 g/mol. The molecule has 10 nitrogen and oxygen atoms in total. The van der Waals surface area contributed by atoms with E-state index in [2.05, 4.69) is 26.0 Å². The molecule has 5 aromatic rings. The number of fused-ring (bicyclic) bond motifs is 3. The Labute approximate surface area is 251 Å². The first-order valence-corrected chi connectivity index (χ1v) is 14.4. The van der Waals surface area contributed by atoms with Crippen molar-refractivity contribution in [1.82, 2.24) is 24.6 Å². The Balaban J connectivity index is 1.11. The van der Waals surface area contributed by atoms with Gasteiger partial charge in [-0.05, 0) is 54.3 Å². The van der Waals surface area contributed by atoms with Crippen molar-refractivity contribution in [2.24, 2.45) is 5.92 Å². The predicted molar refractivity (Wildman–Crippen MR) is 158 cm³/mol. The number of benzene rings is 2. The second kappa shape index (κ2) is 11.1. The molecule has 2 atom stereocenters. The largest absolute Gasteiger partial charge is 0.433 e. The number of para-hydroxylation sites is 1. The van der Waals surface area contributed by atoms with Gasteiger partial charge in [0, 0.05) is 42.5 Å². The van der Waals surface area contributed by atoms with E-state index in [0.29, 0.717) is 30.2 Å². The Morgan fingerprint density at radius 3 is 2.75 bits per heavy atom. The summed E-state index contributed by atoms with van der Waals surface area (Å²) in [5, 5.41) is 15.5. The summed E-state index contributed by atoms with van der Waals surface area (Å²) < 4.78 is 40.2. The van der Waals surface area contributed by atoms with Crippen LogP contribution in [0.4, 0.5) is 14.6 Å². The molecule has 0 radical (unpaired) electrons. The quantitative estimate of drug-likeness (QED) is 0.236. The molecule has 1 fully saturated rings. The molecule has 0 aliphatic carbocycles. The number of ketones is 1. The number of anilines is 1. The number of rotatable bonds is 7. The van der Waals surface area contributed by atoms with Crippen molar-refractivity contribution < 1.29 is 28.2 Å². The fraction of sp³-hybridized carbons (Fsp3) is 0.281. The second-order valence-corrected chi connectivity index (χ2v) is 11.3. The highest BCUT2D eigenvalue weighted by Gasteiger charge is 2.30. The van der Waals surface area contributed by atoms with Crippen LogP contribution in [0.1, 0.15) is 32.7 Å². The molecule has 226 valence electrons. The third-order valence-electron chi connectivity index (χ3n) is 8.45. The number of ether oxygens (including phenoxy) is 2. The van der Waals surface area contributed by atoms with Gasteiger partial charge in [0.15, 0.2) is 11.6 Å². The number of aryl methyl sites for hydroxylation is 1. The molecular weight excluding hydrogens is 570 g/mol. The summed E-state index contributed by atoms with van der Waals surface area (Å²) in [6.45, 7) is 5.14. The van der Waals surface area contributed by atoms with E-state index in [1.54, 1.807) is 6.92 Å². The molecule has 7 rings (SSSR count). The lowest BCUT2D eigenvalue weighted by Crippen LogP contribution is -2.38. The van der Waals surface area contributed by atoms with E-state index in [0.717, 1.165) is 49.1 Å². The minimum atomic E-state index is -0.844. The molecule has 0 amide bonds. The van der Waals surface area contributed by atoms with Gasteiger partial charge in [-0.2, -0.15) is 5.10 Å². The SMILES string of the molecule is Cc1cc(Oc2c(F)cccc2F)ncc1-n1ncc(C(=O)c2cc3c4c(ccc3[nH]2)CN(CC2COCC2O)CC4)c1N. The maximum Gasteiger partial charge on any atom is 0.219 e. The zero-order valence-corrected chi connectivity index (χ0v) is 23.9. The van der Waals surface area contributed by atoms with Crippen LogP contribution in [0.25, 0.3) is 16.6 Å². The Morgan fingerprint density at radius 1 is 1.18 bits per heavy atom. The number of hydrogen-bond acceptors (Lipinski definition) is 8. The number of aliphatic hydroxyl groups is 1. The minimum Gasteiger partial charge on any atom is -0.433 e. The summed E-state index contributed by atoms with van der Waals surface area (Å²) in [5.41, 5.74) is 11.4. The molecule has 5 heterocycles. The number of halogens is 2. The molecule has 3 aromatic heterocycles. The van der Waals surface area contributed by atoms with Crippen LogP contribution in [0.3, 0.4) is 0 Å². The van der Waals surface area contributed by atoms with E-state index in [4.69, 9.17) is 15.2 Å². The highest BCUT2D eigenvalue weighted by atomic mass is 19.1. The summed E-state index contributed by atoms with van der Waals surface area (Å²) >= 11 is 0. The normalized spacial score (nSPS) is 18.5. The van der Waals surface area contributed by atoms with Gasteiger partial charge in [-0.1, -0.05) is 12.1 Å². The Hall–Kier alpha value is -4.65. The van der Waals surface area contributed by atoms with Crippen molar-refractivity contribution in [3.63, 3.8) is 0 Å². The smallest absolute Gasteiger partial charge is 0.219 e. The van der Waals surface area contributed by atoms with Gasteiger partial charge in [-0.25, -0.2) is 18.4 Å². The second-order valence-electron chi connectivity index (χ2n) is 11.3. The number of aromatic amines is 1. The molecule has 2 aliphatic heterocycles. The average molecular weight is 601 g/mol. The predicted octanol–water partition coefficient (Wildman–Crippen LogP) is 4.31. The van der Waals surface area contributed by atoms with Crippen LogP contribution in [0.5, 0.6) is 11.6 Å². The third kappa shape index (κ3) is 5.00. The van der Waals surface area contributed by atoms with Crippen molar-refractivity contribution >= 4 is 22.5 Å². The van der Waals surface area contributed by atoms with Gasteiger partial charge in [0.05, 0.1) is 48.7 Å². The molecule has 0 spiro atoms. The van der Waals surface area contributed by atoms with Crippen LogP contribution >= 0.6 is 0 Å². The number of nitrogen functional groups attached to an aromatic ring is 1. The van der Waals surface area contributed by atoms with Crippen molar-refractivity contribution in [3.05, 3.63) is 94.4 Å². The number of pyridine rings is 1. The van der Waals surface area contributed by atoms with E-state index in [1.807, 2.05) is 12.1 Å². The first kappa shape index (κ1) is 28.1. The van der Waals surface area contributed by atoms with Gasteiger partial charge in [0.1, 0.15) is 5.82 Å². The number of nitrogens with two attached hydrogens (primary N) is 1. The zero-order valence-electron chi connectivity index (χ0n) is 23.9. The highest BCUT2D eigenvalue weighted by Crippen LogP contribution is 2.32. The first-order valence-electron chi connectivity index (χ1n) is 14.4. The van der Waals surface area contributed by atoms with Crippen LogP contribution < -0.4 is 10.5 Å². The van der Waals surface area contributed by atoms with E-state index in [-0.39, 0.29) is 29.0 Å². The number of carbonyl (C=O) groups excluding carboxylic acids is 1. The highest BCUT2D eigenvalue weighted by molar-refractivity contribution is 6.12. The maximum atomic E-state index is 14.0. The Bertz CT molecular complexity index is 1880. The number of hydrogen-bond donors (Lipinski definition) is 3. The zero-order chi connectivity index (χ0) is 30.5. The minimum absolute atomic E-state index is 0.00745. The van der Waals surface area contributed by atoms with Crippen molar-refractivity contribution in [1.29, 1.82) is 0 Å². The molecule has 2 aliphatic rings. The fourth-order valence-electron chi connectivity index (χ4n) is 6.07. The molecule has 44 heavy (non-hydrogen) atoms. The van der Waals surface area contributed by atoms with Gasteiger partial charge in [-0.3, -0.25) is 9.69 Å². The van der Waals surface area contributed by atoms with E-state index >= 15 is 0 Å². The third-order valence-corrected chi connectivity index (χ3v) is 8.45. The van der Waals surface area contributed by atoms with Crippen LogP contribution in [-0.2, 0) is 17.7 Å². The molecule has 0 bridgehead atoms. The number of aliphatic hydroxyl groups excluding tert-OH is 1. The topological polar surface area (TPSA) is 132 Å². The van der Waals surface area contributed by atoms with Gasteiger partial charge < -0.3 is 25.3 Å². The lowest BCUT2D eigenvalue weighted by atomic mass is 9.94. The summed E-state index contributed by atoms with van der Waals surface area (Å²) in [6, 6.07) is 10.9. The first-order chi connectivity index (χ1) is 21.3. The van der Waals surface area contributed by atoms with Gasteiger partial charge >= 0.3 is 0 Å². The van der Waals surface area contributed by atoms with E-state index < -0.39 is 23.5 Å². The number of nitrogens with one attached hydrogen (secondary N) is 1. The average Bonchev–Trinajstić information content (AvgIpc) is 3.73. The van der Waals surface area contributed by atoms with Gasteiger partial charge in [-0.15, -0.1) is 0 Å². The van der Waals surface area contributed by atoms with Crippen LogP contribution in [0.15, 0.2) is 54.9 Å². The van der Waals surface area contributed by atoms with Gasteiger partial charge in [0.25, 0.3) is 0 Å². The Kier molecular flexibility index (Phi) is 7.11. The number of aromatic nitrogens is 4. The number of H-pyrrole nitrogens is 1. The standard InChI is InChI=1S/C32H30F2N6O4/c1-17-9-29(44-31-23(33)3-2-4-24(31)34)36-12-27(17)40-32(35)22(11-37-40)30(42)26-10-21-20-7-8-39(14-19-15-43-16-28(19)41)13-18(20)5-6-25(21)38-26/h2-6,9-12,19,28,38,41H,7-8,13-16,35H2,1H3. The maximum absolute atomic E-state index is 14.0. The summed E-state index contributed by atoms with van der Waals surface area (Å²) in [7, 11) is 0. The lowest BCUT2D eigenvalue weighted by molar-refractivity contribution is 0.103.